The number of aromatic nitrogens is 2. The summed E-state index contributed by atoms with van der Waals surface area (Å²) in [6, 6.07) is 11.5. The van der Waals surface area contributed by atoms with E-state index in [1.807, 2.05) is 0 Å². The topological polar surface area (TPSA) is 127 Å². The van der Waals surface area contributed by atoms with Crippen LogP contribution in [-0.4, -0.2) is 15.5 Å². The van der Waals surface area contributed by atoms with E-state index in [-0.39, 0.29) is 17.8 Å². The number of furan rings is 1. The highest BCUT2D eigenvalue weighted by molar-refractivity contribution is 6.04. The first-order chi connectivity index (χ1) is 13.5. The van der Waals surface area contributed by atoms with Crippen molar-refractivity contribution in [3.05, 3.63) is 97.5 Å². The van der Waals surface area contributed by atoms with Gasteiger partial charge in [-0.2, -0.15) is 0 Å². The van der Waals surface area contributed by atoms with Crippen molar-refractivity contribution in [3.63, 3.8) is 0 Å². The number of rotatable bonds is 4. The zero-order valence-electron chi connectivity index (χ0n) is 14.3. The van der Waals surface area contributed by atoms with E-state index in [4.69, 9.17) is 8.83 Å². The van der Waals surface area contributed by atoms with Gasteiger partial charge in [-0.15, -0.1) is 0 Å². The maximum atomic E-state index is 12.6. The monoisotopic (exact) mass is 379 g/mol. The molecule has 3 heterocycles. The van der Waals surface area contributed by atoms with Crippen molar-refractivity contribution in [2.75, 3.05) is 5.32 Å². The highest BCUT2D eigenvalue weighted by Gasteiger charge is 2.17. The standard InChI is InChI=1S/C19H13N3O6/c23-16(21-14-8-11-4-1-2-6-15(11)28-18(14)25)13-9-20-19(26)22(17(13)24)10-12-5-3-7-27-12/h1-9H,10H2,(H,20,26)(H,21,23). The third-order valence-electron chi connectivity index (χ3n) is 4.09. The number of nitrogens with zero attached hydrogens (tertiary/aromatic N) is 1. The van der Waals surface area contributed by atoms with Crippen molar-refractivity contribution < 1.29 is 13.6 Å². The third-order valence-corrected chi connectivity index (χ3v) is 4.09. The van der Waals surface area contributed by atoms with Gasteiger partial charge in [-0.05, 0) is 24.3 Å². The van der Waals surface area contributed by atoms with Crippen molar-refractivity contribution >= 4 is 22.6 Å². The van der Waals surface area contributed by atoms with Crippen LogP contribution in [0.4, 0.5) is 5.69 Å². The minimum absolute atomic E-state index is 0.119. The van der Waals surface area contributed by atoms with Crippen molar-refractivity contribution in [2.45, 2.75) is 6.54 Å². The van der Waals surface area contributed by atoms with Crippen LogP contribution in [0.2, 0.25) is 0 Å². The molecule has 0 aliphatic rings. The number of carbonyl (C=O) groups is 1. The Morgan fingerprint density at radius 2 is 1.93 bits per heavy atom. The third kappa shape index (κ3) is 3.16. The highest BCUT2D eigenvalue weighted by atomic mass is 16.4. The summed E-state index contributed by atoms with van der Waals surface area (Å²) in [6.45, 7) is -0.138. The molecule has 0 unspecified atom stereocenters. The Morgan fingerprint density at radius 1 is 1.11 bits per heavy atom. The van der Waals surface area contributed by atoms with Crippen molar-refractivity contribution in [1.82, 2.24) is 9.55 Å². The van der Waals surface area contributed by atoms with Crippen LogP contribution in [0.3, 0.4) is 0 Å². The number of hydrogen-bond acceptors (Lipinski definition) is 6. The number of benzene rings is 1. The van der Waals surface area contributed by atoms with E-state index in [0.29, 0.717) is 16.7 Å². The van der Waals surface area contributed by atoms with Gasteiger partial charge < -0.3 is 19.1 Å². The molecule has 0 aliphatic heterocycles. The molecule has 0 radical (unpaired) electrons. The smallest absolute Gasteiger partial charge is 0.360 e. The predicted molar refractivity (Wildman–Crippen MR) is 99.6 cm³/mol. The van der Waals surface area contributed by atoms with E-state index in [1.165, 1.54) is 12.3 Å². The van der Waals surface area contributed by atoms with Gasteiger partial charge in [0.15, 0.2) is 0 Å². The van der Waals surface area contributed by atoms with Crippen LogP contribution in [-0.2, 0) is 6.54 Å². The molecular weight excluding hydrogens is 366 g/mol. The summed E-state index contributed by atoms with van der Waals surface area (Å²) in [5.74, 6) is -0.475. The number of H-pyrrole nitrogens is 1. The lowest BCUT2D eigenvalue weighted by molar-refractivity contribution is 0.102. The van der Waals surface area contributed by atoms with Crippen LogP contribution in [0.5, 0.6) is 0 Å². The van der Waals surface area contributed by atoms with Gasteiger partial charge in [-0.3, -0.25) is 14.2 Å². The van der Waals surface area contributed by atoms with Gasteiger partial charge in [-0.25, -0.2) is 9.59 Å². The second kappa shape index (κ2) is 6.88. The van der Waals surface area contributed by atoms with Crippen LogP contribution in [0.15, 0.2) is 78.1 Å². The molecule has 2 N–H and O–H groups in total. The molecule has 140 valence electrons. The van der Waals surface area contributed by atoms with Gasteiger partial charge in [0.1, 0.15) is 22.6 Å². The van der Waals surface area contributed by atoms with Gasteiger partial charge in [0, 0.05) is 11.6 Å². The van der Waals surface area contributed by atoms with Crippen molar-refractivity contribution in [3.8, 4) is 0 Å². The molecule has 0 fully saturated rings. The van der Waals surface area contributed by atoms with E-state index in [2.05, 4.69) is 10.3 Å². The molecule has 9 nitrogen and oxygen atoms in total. The Morgan fingerprint density at radius 3 is 2.71 bits per heavy atom. The molecule has 0 aliphatic carbocycles. The quantitative estimate of drug-likeness (QED) is 0.518. The van der Waals surface area contributed by atoms with Crippen LogP contribution in [0.25, 0.3) is 11.0 Å². The highest BCUT2D eigenvalue weighted by Crippen LogP contribution is 2.15. The molecule has 0 spiro atoms. The maximum Gasteiger partial charge on any atom is 0.360 e. The van der Waals surface area contributed by atoms with E-state index in [1.54, 1.807) is 36.4 Å². The summed E-state index contributed by atoms with van der Waals surface area (Å²) in [7, 11) is 0. The molecular formula is C19H13N3O6. The Hall–Kier alpha value is -4.14. The van der Waals surface area contributed by atoms with E-state index in [9.17, 15) is 19.2 Å². The molecule has 0 saturated heterocycles. The van der Waals surface area contributed by atoms with Gasteiger partial charge in [0.2, 0.25) is 0 Å². The number of nitrogens with one attached hydrogen (secondary N) is 2. The summed E-state index contributed by atoms with van der Waals surface area (Å²) in [5.41, 5.74) is -2.35. The van der Waals surface area contributed by atoms with Gasteiger partial charge in [0.25, 0.3) is 11.5 Å². The number of para-hydroxylation sites is 1. The van der Waals surface area contributed by atoms with Crippen LogP contribution < -0.4 is 22.2 Å². The lowest BCUT2D eigenvalue weighted by atomic mass is 10.2. The second-order valence-corrected chi connectivity index (χ2v) is 5.92. The first-order valence-corrected chi connectivity index (χ1v) is 8.22. The fraction of sp³-hybridized carbons (Fsp3) is 0.0526. The number of hydrogen-bond donors (Lipinski definition) is 2. The van der Waals surface area contributed by atoms with Gasteiger partial charge in [0.05, 0.1) is 12.8 Å². The number of fused-ring (bicyclic) bond motifs is 1. The second-order valence-electron chi connectivity index (χ2n) is 5.92. The van der Waals surface area contributed by atoms with Gasteiger partial charge >= 0.3 is 11.3 Å². The fourth-order valence-corrected chi connectivity index (χ4v) is 2.71. The molecule has 0 saturated carbocycles. The molecule has 4 aromatic rings. The maximum absolute atomic E-state index is 12.6. The molecule has 4 rings (SSSR count). The zero-order chi connectivity index (χ0) is 19.7. The summed E-state index contributed by atoms with van der Waals surface area (Å²) in [4.78, 5) is 51.5. The molecule has 1 amide bonds. The average molecular weight is 379 g/mol. The number of aromatic amines is 1. The van der Waals surface area contributed by atoms with Gasteiger partial charge in [-0.1, -0.05) is 18.2 Å². The van der Waals surface area contributed by atoms with E-state index in [0.717, 1.165) is 10.8 Å². The average Bonchev–Trinajstić information content (AvgIpc) is 3.19. The minimum atomic E-state index is -0.850. The minimum Gasteiger partial charge on any atom is -0.467 e. The largest absolute Gasteiger partial charge is 0.467 e. The Kier molecular flexibility index (Phi) is 4.24. The summed E-state index contributed by atoms with van der Waals surface area (Å²) in [6.07, 6.45) is 2.41. The fourth-order valence-electron chi connectivity index (χ4n) is 2.71. The number of amides is 1. The predicted octanol–water partition coefficient (Wildman–Crippen LogP) is 1.54. The normalized spacial score (nSPS) is 10.9. The lowest BCUT2D eigenvalue weighted by Gasteiger charge is -2.07. The first kappa shape index (κ1) is 17.3. The molecule has 0 bridgehead atoms. The summed E-state index contributed by atoms with van der Waals surface area (Å²) < 4.78 is 11.1. The summed E-state index contributed by atoms with van der Waals surface area (Å²) >= 11 is 0. The lowest BCUT2D eigenvalue weighted by Crippen LogP contribution is -2.39. The van der Waals surface area contributed by atoms with Crippen LogP contribution in [0, 0.1) is 0 Å². The summed E-state index contributed by atoms with van der Waals surface area (Å²) in [5, 5.41) is 2.97. The SMILES string of the molecule is O=C(Nc1cc2ccccc2oc1=O)c1c[nH]c(=O)n(Cc2ccco2)c1=O. The molecule has 0 atom stereocenters. The van der Waals surface area contributed by atoms with E-state index >= 15 is 0 Å². The van der Waals surface area contributed by atoms with Crippen LogP contribution in [0.1, 0.15) is 16.1 Å². The molecule has 1 aromatic carbocycles. The number of anilines is 1. The molecule has 28 heavy (non-hydrogen) atoms. The molecule has 3 aromatic heterocycles. The zero-order valence-corrected chi connectivity index (χ0v) is 14.3. The van der Waals surface area contributed by atoms with Crippen LogP contribution >= 0.6 is 0 Å². The van der Waals surface area contributed by atoms with E-state index < -0.39 is 22.8 Å². The first-order valence-electron chi connectivity index (χ1n) is 8.22. The Balaban J connectivity index is 1.69. The molecule has 9 heteroatoms. The Bertz CT molecular complexity index is 1340. The Labute approximate surface area is 155 Å². The van der Waals surface area contributed by atoms with Crippen molar-refractivity contribution in [2.24, 2.45) is 0 Å². The van der Waals surface area contributed by atoms with Crippen molar-refractivity contribution in [1.29, 1.82) is 0 Å². The number of carbonyl (C=O) groups excluding carboxylic acids is 1.